The number of carboxylic acids is 1. The van der Waals surface area contributed by atoms with Crippen molar-refractivity contribution in [1.82, 2.24) is 9.78 Å². The minimum atomic E-state index is -0.999. The lowest BCUT2D eigenvalue weighted by Crippen LogP contribution is -2.16. The zero-order valence-corrected chi connectivity index (χ0v) is 12.9. The largest absolute Gasteiger partial charge is 0.477 e. The van der Waals surface area contributed by atoms with Gasteiger partial charge in [0.25, 0.3) is 5.91 Å². The normalized spacial score (nSPS) is 10.9. The lowest BCUT2D eigenvalue weighted by molar-refractivity contribution is 0.0702. The fourth-order valence-electron chi connectivity index (χ4n) is 1.84. The number of nitrogens with one attached hydrogen (secondary N) is 1. The lowest BCUT2D eigenvalue weighted by atomic mass is 10.1. The molecular formula is C14H17N3O3S. The summed E-state index contributed by atoms with van der Waals surface area (Å²) >= 11 is 1.03. The summed E-state index contributed by atoms with van der Waals surface area (Å²) in [6, 6.07) is 4.83. The van der Waals surface area contributed by atoms with Crippen molar-refractivity contribution >= 4 is 28.2 Å². The molecule has 0 aliphatic carbocycles. The quantitative estimate of drug-likeness (QED) is 0.889. The molecule has 112 valence electrons. The number of hydrogen-bond acceptors (Lipinski definition) is 4. The first-order valence-electron chi connectivity index (χ1n) is 6.64. The minimum Gasteiger partial charge on any atom is -0.477 e. The summed E-state index contributed by atoms with van der Waals surface area (Å²) in [4.78, 5) is 23.3. The number of nitrogens with zero attached hydrogens (tertiary/aromatic N) is 2. The van der Waals surface area contributed by atoms with Crippen LogP contribution in [0.3, 0.4) is 0 Å². The maximum Gasteiger partial charge on any atom is 0.345 e. The van der Waals surface area contributed by atoms with E-state index in [4.69, 9.17) is 5.11 Å². The number of thiophene rings is 1. The molecule has 0 aromatic carbocycles. The Hall–Kier alpha value is -2.15. The number of amides is 1. The van der Waals surface area contributed by atoms with E-state index >= 15 is 0 Å². The Morgan fingerprint density at radius 1 is 1.43 bits per heavy atom. The van der Waals surface area contributed by atoms with E-state index in [-0.39, 0.29) is 16.7 Å². The van der Waals surface area contributed by atoms with Gasteiger partial charge >= 0.3 is 5.97 Å². The second-order valence-corrected chi connectivity index (χ2v) is 5.93. The van der Waals surface area contributed by atoms with Gasteiger partial charge in [-0.15, -0.1) is 11.3 Å². The molecule has 0 aliphatic rings. The van der Waals surface area contributed by atoms with Crippen molar-refractivity contribution in [2.24, 2.45) is 0 Å². The van der Waals surface area contributed by atoms with Crippen molar-refractivity contribution in [3.8, 4) is 0 Å². The zero-order chi connectivity index (χ0) is 15.6. The van der Waals surface area contributed by atoms with Crippen LogP contribution in [0, 0.1) is 0 Å². The summed E-state index contributed by atoms with van der Waals surface area (Å²) in [7, 11) is 0. The molecule has 0 fully saturated rings. The molecule has 0 atom stereocenters. The Morgan fingerprint density at radius 2 is 2.14 bits per heavy atom. The highest BCUT2D eigenvalue weighted by Gasteiger charge is 2.17. The van der Waals surface area contributed by atoms with E-state index in [2.05, 4.69) is 10.4 Å². The van der Waals surface area contributed by atoms with E-state index in [0.717, 1.165) is 17.0 Å². The molecule has 0 aliphatic heterocycles. The topological polar surface area (TPSA) is 84.2 Å². The number of anilines is 1. The fraction of sp³-hybridized carbons (Fsp3) is 0.357. The predicted octanol–water partition coefficient (Wildman–Crippen LogP) is 3.04. The van der Waals surface area contributed by atoms with Gasteiger partial charge in [-0.2, -0.15) is 5.10 Å². The highest BCUT2D eigenvalue weighted by atomic mass is 32.1. The Bertz CT molecular complexity index is 673. The van der Waals surface area contributed by atoms with Gasteiger partial charge in [0.1, 0.15) is 10.6 Å². The van der Waals surface area contributed by atoms with Gasteiger partial charge in [-0.3, -0.25) is 9.48 Å². The third-order valence-corrected chi connectivity index (χ3v) is 3.96. The van der Waals surface area contributed by atoms with E-state index in [9.17, 15) is 9.59 Å². The molecule has 2 aromatic heterocycles. The van der Waals surface area contributed by atoms with Crippen molar-refractivity contribution in [3.63, 3.8) is 0 Å². The van der Waals surface area contributed by atoms with Crippen molar-refractivity contribution < 1.29 is 14.7 Å². The summed E-state index contributed by atoms with van der Waals surface area (Å²) in [5.74, 6) is -1.04. The van der Waals surface area contributed by atoms with Crippen LogP contribution in [0.2, 0.25) is 0 Å². The van der Waals surface area contributed by atoms with Crippen molar-refractivity contribution in [3.05, 3.63) is 34.5 Å². The summed E-state index contributed by atoms with van der Waals surface area (Å²) in [5, 5.41) is 16.5. The smallest absolute Gasteiger partial charge is 0.345 e. The zero-order valence-electron chi connectivity index (χ0n) is 12.1. The molecule has 2 heterocycles. The average Bonchev–Trinajstić information content (AvgIpc) is 3.04. The first-order valence-corrected chi connectivity index (χ1v) is 7.46. The Balaban J connectivity index is 2.21. The number of aromatic nitrogens is 2. The summed E-state index contributed by atoms with van der Waals surface area (Å²) in [5.41, 5.74) is 1.34. The summed E-state index contributed by atoms with van der Waals surface area (Å²) in [6.45, 7) is 6.55. The molecule has 2 aromatic rings. The maximum absolute atomic E-state index is 12.3. The average molecular weight is 307 g/mol. The molecule has 7 heteroatoms. The van der Waals surface area contributed by atoms with Gasteiger partial charge in [-0.05, 0) is 31.0 Å². The van der Waals surface area contributed by atoms with Gasteiger partial charge in [0.05, 0.1) is 10.7 Å². The molecule has 0 bridgehead atoms. The number of carboxylic acid groups (broad SMARTS) is 1. The summed E-state index contributed by atoms with van der Waals surface area (Å²) in [6.07, 6.45) is 0. The second-order valence-electron chi connectivity index (χ2n) is 4.85. The van der Waals surface area contributed by atoms with Gasteiger partial charge < -0.3 is 10.4 Å². The van der Waals surface area contributed by atoms with Crippen LogP contribution in [0.15, 0.2) is 18.2 Å². The van der Waals surface area contributed by atoms with E-state index in [1.165, 1.54) is 6.07 Å². The predicted molar refractivity (Wildman–Crippen MR) is 81.2 cm³/mol. The summed E-state index contributed by atoms with van der Waals surface area (Å²) < 4.78 is 1.65. The first-order chi connectivity index (χ1) is 9.92. The lowest BCUT2D eigenvalue weighted by Gasteiger charge is -2.04. The molecule has 0 radical (unpaired) electrons. The van der Waals surface area contributed by atoms with Gasteiger partial charge in [0.15, 0.2) is 0 Å². The van der Waals surface area contributed by atoms with E-state index in [1.807, 2.05) is 20.8 Å². The van der Waals surface area contributed by atoms with Crippen LogP contribution in [-0.4, -0.2) is 26.8 Å². The van der Waals surface area contributed by atoms with Crippen LogP contribution >= 0.6 is 11.3 Å². The van der Waals surface area contributed by atoms with Crippen LogP contribution in [0.1, 0.15) is 52.5 Å². The molecule has 0 saturated heterocycles. The number of aromatic carboxylic acids is 1. The third kappa shape index (κ3) is 3.30. The molecule has 1 amide bonds. The van der Waals surface area contributed by atoms with Crippen molar-refractivity contribution in [1.29, 1.82) is 0 Å². The van der Waals surface area contributed by atoms with Crippen molar-refractivity contribution in [2.45, 2.75) is 33.2 Å². The van der Waals surface area contributed by atoms with Crippen molar-refractivity contribution in [2.75, 3.05) is 5.32 Å². The molecule has 0 spiro atoms. The van der Waals surface area contributed by atoms with Crippen LogP contribution in [0.25, 0.3) is 0 Å². The Kier molecular flexibility index (Phi) is 4.42. The highest BCUT2D eigenvalue weighted by Crippen LogP contribution is 2.23. The molecule has 0 saturated carbocycles. The third-order valence-electron chi connectivity index (χ3n) is 2.98. The monoisotopic (exact) mass is 307 g/mol. The van der Waals surface area contributed by atoms with Crippen LogP contribution in [-0.2, 0) is 6.54 Å². The SMILES string of the molecule is CCn1nc(C(C)C)cc1C(=O)Nc1ccc(C(=O)O)s1. The second kappa shape index (κ2) is 6.09. The Labute approximate surface area is 126 Å². The fourth-order valence-corrected chi connectivity index (χ4v) is 2.58. The van der Waals surface area contributed by atoms with E-state index in [0.29, 0.717) is 17.2 Å². The van der Waals surface area contributed by atoms with Gasteiger partial charge in [0, 0.05) is 6.54 Å². The first kappa shape index (κ1) is 15.2. The standard InChI is InChI=1S/C14H17N3O3S/c1-4-17-10(7-9(16-17)8(2)3)13(18)15-12-6-5-11(21-12)14(19)20/h5-8H,4H2,1-3H3,(H,15,18)(H,19,20). The van der Waals surface area contributed by atoms with Gasteiger partial charge in [0.2, 0.25) is 0 Å². The number of aryl methyl sites for hydroxylation is 1. The van der Waals surface area contributed by atoms with Gasteiger partial charge in [-0.1, -0.05) is 13.8 Å². The van der Waals surface area contributed by atoms with Crippen LogP contribution in [0.5, 0.6) is 0 Å². The Morgan fingerprint density at radius 3 is 2.67 bits per heavy atom. The molecule has 2 rings (SSSR count). The van der Waals surface area contributed by atoms with Crippen LogP contribution < -0.4 is 5.32 Å². The molecule has 21 heavy (non-hydrogen) atoms. The molecule has 2 N–H and O–H groups in total. The number of rotatable bonds is 5. The highest BCUT2D eigenvalue weighted by molar-refractivity contribution is 7.18. The minimum absolute atomic E-state index is 0.192. The van der Waals surface area contributed by atoms with Crippen LogP contribution in [0.4, 0.5) is 5.00 Å². The molecule has 6 nitrogen and oxygen atoms in total. The van der Waals surface area contributed by atoms with Gasteiger partial charge in [-0.25, -0.2) is 4.79 Å². The maximum atomic E-state index is 12.3. The number of hydrogen-bond donors (Lipinski definition) is 2. The molecule has 0 unspecified atom stereocenters. The van der Waals surface area contributed by atoms with E-state index < -0.39 is 5.97 Å². The number of carbonyl (C=O) groups excluding carboxylic acids is 1. The number of carbonyl (C=O) groups is 2. The molecular weight excluding hydrogens is 290 g/mol. The van der Waals surface area contributed by atoms with E-state index in [1.54, 1.807) is 16.8 Å².